The van der Waals surface area contributed by atoms with E-state index in [1.54, 1.807) is 37.4 Å². The zero-order valence-electron chi connectivity index (χ0n) is 18.0. The minimum absolute atomic E-state index is 0.158. The number of nitrogens with zero attached hydrogens (tertiary/aromatic N) is 4. The predicted molar refractivity (Wildman–Crippen MR) is 127 cm³/mol. The molecule has 162 valence electrons. The Bertz CT molecular complexity index is 1400. The topological polar surface area (TPSA) is 81.3 Å². The van der Waals surface area contributed by atoms with Crippen LogP contribution in [0.3, 0.4) is 0 Å². The molecule has 4 aromatic rings. The van der Waals surface area contributed by atoms with Gasteiger partial charge in [0.1, 0.15) is 0 Å². The molecule has 1 N–H and O–H groups in total. The molecule has 0 aliphatic carbocycles. The highest BCUT2D eigenvalue weighted by molar-refractivity contribution is 6.30. The monoisotopic (exact) mass is 447 g/mol. The quantitative estimate of drug-likeness (QED) is 0.367. The van der Waals surface area contributed by atoms with Crippen LogP contribution in [0.25, 0.3) is 16.5 Å². The minimum Gasteiger partial charge on any atom is -0.318 e. The molecule has 0 saturated heterocycles. The molecule has 32 heavy (non-hydrogen) atoms. The first-order valence-electron chi connectivity index (χ1n) is 10.2. The highest BCUT2D eigenvalue weighted by Crippen LogP contribution is 2.21. The maximum absolute atomic E-state index is 12.8. The molecule has 0 saturated carbocycles. The van der Waals surface area contributed by atoms with Crippen LogP contribution in [0.15, 0.2) is 64.5 Å². The zero-order chi connectivity index (χ0) is 22.8. The van der Waals surface area contributed by atoms with Crippen LogP contribution in [0, 0.1) is 13.8 Å². The number of hydrogen-bond donors (Lipinski definition) is 1. The van der Waals surface area contributed by atoms with Gasteiger partial charge < -0.3 is 4.57 Å². The number of halogens is 1. The molecule has 2 aromatic heterocycles. The van der Waals surface area contributed by atoms with Crippen LogP contribution in [0.1, 0.15) is 34.4 Å². The van der Waals surface area contributed by atoms with Crippen molar-refractivity contribution >= 4 is 34.5 Å². The summed E-state index contributed by atoms with van der Waals surface area (Å²) in [5.74, 6) is -0.480. The third-order valence-corrected chi connectivity index (χ3v) is 5.56. The molecule has 0 unspecified atom stereocenters. The molecule has 0 spiro atoms. The Hall–Kier alpha value is -3.71. The molecular formula is C24H22ClN5O2. The second-order valence-electron chi connectivity index (χ2n) is 7.35. The third kappa shape index (κ3) is 3.94. The number of carbonyl (C=O) groups excluding carboxylic acids is 1. The first kappa shape index (κ1) is 21.5. The van der Waals surface area contributed by atoms with Crippen LogP contribution in [0.2, 0.25) is 5.02 Å². The van der Waals surface area contributed by atoms with Crippen molar-refractivity contribution in [1.29, 1.82) is 0 Å². The summed E-state index contributed by atoms with van der Waals surface area (Å²) in [5, 5.41) is 9.99. The highest BCUT2D eigenvalue weighted by Gasteiger charge is 2.16. The van der Waals surface area contributed by atoms with Crippen LogP contribution in [-0.4, -0.2) is 26.5 Å². The number of hydrazone groups is 1. The van der Waals surface area contributed by atoms with E-state index in [2.05, 4.69) is 20.2 Å². The van der Waals surface area contributed by atoms with Crippen molar-refractivity contribution in [2.45, 2.75) is 27.3 Å². The molecule has 2 aromatic carbocycles. The van der Waals surface area contributed by atoms with Gasteiger partial charge in [-0.3, -0.25) is 9.59 Å². The molecule has 0 atom stereocenters. The standard InChI is InChI=1S/C24H22ClN5O2/c1-4-29-24(32)21-8-6-5-7-20(21)22(28-29)23(31)27-26-14-17-13-15(2)30(16(17)3)19-11-9-18(25)10-12-19/h5-14H,4H2,1-3H3,(H,27,31)/b26-14+. The molecule has 0 aliphatic rings. The Balaban J connectivity index is 1.61. The van der Waals surface area contributed by atoms with E-state index >= 15 is 0 Å². The number of aryl methyl sites for hydroxylation is 2. The fourth-order valence-electron chi connectivity index (χ4n) is 3.74. The van der Waals surface area contributed by atoms with Gasteiger partial charge in [-0.2, -0.15) is 10.2 Å². The molecule has 0 radical (unpaired) electrons. The van der Waals surface area contributed by atoms with Crippen LogP contribution in [0.5, 0.6) is 0 Å². The van der Waals surface area contributed by atoms with Gasteiger partial charge in [-0.25, -0.2) is 10.1 Å². The van der Waals surface area contributed by atoms with Gasteiger partial charge in [0.05, 0.1) is 11.6 Å². The van der Waals surface area contributed by atoms with Crippen molar-refractivity contribution in [3.63, 3.8) is 0 Å². The van der Waals surface area contributed by atoms with E-state index in [-0.39, 0.29) is 11.3 Å². The van der Waals surface area contributed by atoms with E-state index in [0.29, 0.717) is 22.3 Å². The number of fused-ring (bicyclic) bond motifs is 1. The van der Waals surface area contributed by atoms with Crippen molar-refractivity contribution in [1.82, 2.24) is 19.8 Å². The van der Waals surface area contributed by atoms with Gasteiger partial charge in [0, 0.05) is 39.6 Å². The maximum Gasteiger partial charge on any atom is 0.292 e. The third-order valence-electron chi connectivity index (χ3n) is 5.31. The van der Waals surface area contributed by atoms with E-state index < -0.39 is 5.91 Å². The van der Waals surface area contributed by atoms with E-state index in [1.165, 1.54) is 4.68 Å². The molecule has 0 aliphatic heterocycles. The molecular weight excluding hydrogens is 426 g/mol. The molecule has 0 fully saturated rings. The van der Waals surface area contributed by atoms with Gasteiger partial charge in [0.15, 0.2) is 5.69 Å². The minimum atomic E-state index is -0.480. The fraction of sp³-hybridized carbons (Fsp3) is 0.167. The summed E-state index contributed by atoms with van der Waals surface area (Å²) in [6.45, 7) is 6.15. The predicted octanol–water partition coefficient (Wildman–Crippen LogP) is 4.24. The average Bonchev–Trinajstić information content (AvgIpc) is 3.08. The first-order valence-corrected chi connectivity index (χ1v) is 10.6. The van der Waals surface area contributed by atoms with Gasteiger partial charge in [0.2, 0.25) is 0 Å². The first-order chi connectivity index (χ1) is 15.4. The van der Waals surface area contributed by atoms with Crippen LogP contribution in [0.4, 0.5) is 0 Å². The summed E-state index contributed by atoms with van der Waals surface area (Å²) in [6, 6.07) is 16.5. The average molecular weight is 448 g/mol. The zero-order valence-corrected chi connectivity index (χ0v) is 18.7. The Kier molecular flexibility index (Phi) is 5.92. The number of benzene rings is 2. The van der Waals surface area contributed by atoms with Crippen molar-refractivity contribution in [2.24, 2.45) is 5.10 Å². The van der Waals surface area contributed by atoms with Crippen LogP contribution in [-0.2, 0) is 6.54 Å². The summed E-state index contributed by atoms with van der Waals surface area (Å²) in [4.78, 5) is 25.3. The Morgan fingerprint density at radius 1 is 1.12 bits per heavy atom. The second kappa shape index (κ2) is 8.80. The molecule has 8 heteroatoms. The summed E-state index contributed by atoms with van der Waals surface area (Å²) in [6.07, 6.45) is 1.60. The van der Waals surface area contributed by atoms with E-state index in [9.17, 15) is 9.59 Å². The van der Waals surface area contributed by atoms with Gasteiger partial charge in [-0.15, -0.1) is 0 Å². The van der Waals surface area contributed by atoms with Crippen molar-refractivity contribution in [3.05, 3.63) is 92.6 Å². The highest BCUT2D eigenvalue weighted by atomic mass is 35.5. The maximum atomic E-state index is 12.8. The molecule has 4 rings (SSSR count). The summed E-state index contributed by atoms with van der Waals surface area (Å²) < 4.78 is 3.37. The molecule has 0 bridgehead atoms. The largest absolute Gasteiger partial charge is 0.318 e. The lowest BCUT2D eigenvalue weighted by atomic mass is 10.1. The molecule has 2 heterocycles. The fourth-order valence-corrected chi connectivity index (χ4v) is 3.86. The SMILES string of the molecule is CCn1nc(C(=O)N/N=C/c2cc(C)n(-c3ccc(Cl)cc3)c2C)c2ccccc2c1=O. The number of carbonyl (C=O) groups is 1. The smallest absolute Gasteiger partial charge is 0.292 e. The summed E-state index contributed by atoms with van der Waals surface area (Å²) in [7, 11) is 0. The lowest BCUT2D eigenvalue weighted by molar-refractivity contribution is 0.0949. The number of rotatable bonds is 5. The van der Waals surface area contributed by atoms with Gasteiger partial charge in [-0.1, -0.05) is 29.8 Å². The van der Waals surface area contributed by atoms with Crippen molar-refractivity contribution in [2.75, 3.05) is 0 Å². The number of amides is 1. The van der Waals surface area contributed by atoms with E-state index in [4.69, 9.17) is 11.6 Å². The van der Waals surface area contributed by atoms with Crippen molar-refractivity contribution < 1.29 is 4.79 Å². The van der Waals surface area contributed by atoms with Gasteiger partial charge in [0.25, 0.3) is 11.5 Å². The lowest BCUT2D eigenvalue weighted by Crippen LogP contribution is -2.28. The van der Waals surface area contributed by atoms with Crippen molar-refractivity contribution in [3.8, 4) is 5.69 Å². The number of nitrogens with one attached hydrogen (secondary N) is 1. The Labute approximate surface area is 189 Å². The normalized spacial score (nSPS) is 11.4. The Morgan fingerprint density at radius 2 is 1.81 bits per heavy atom. The summed E-state index contributed by atoms with van der Waals surface area (Å²) in [5.41, 5.74) is 6.34. The molecule has 1 amide bonds. The van der Waals surface area contributed by atoms with Gasteiger partial charge >= 0.3 is 0 Å². The van der Waals surface area contributed by atoms with E-state index in [0.717, 1.165) is 22.6 Å². The number of hydrogen-bond acceptors (Lipinski definition) is 4. The van der Waals surface area contributed by atoms with E-state index in [1.807, 2.05) is 44.2 Å². The van der Waals surface area contributed by atoms with Crippen LogP contribution >= 0.6 is 11.6 Å². The lowest BCUT2D eigenvalue weighted by Gasteiger charge is -2.09. The Morgan fingerprint density at radius 3 is 2.50 bits per heavy atom. The van der Waals surface area contributed by atoms with Crippen LogP contribution < -0.4 is 11.0 Å². The molecule has 7 nitrogen and oxygen atoms in total. The second-order valence-corrected chi connectivity index (χ2v) is 7.79. The number of aromatic nitrogens is 3. The summed E-state index contributed by atoms with van der Waals surface area (Å²) >= 11 is 6.00. The van der Waals surface area contributed by atoms with Gasteiger partial charge in [-0.05, 0) is 57.2 Å².